The van der Waals surface area contributed by atoms with Crippen molar-refractivity contribution in [3.05, 3.63) is 47.4 Å². The molecule has 68 valence electrons. The summed E-state index contributed by atoms with van der Waals surface area (Å²) in [4.78, 5) is 0. The van der Waals surface area contributed by atoms with Crippen LogP contribution in [0.15, 0.2) is 36.9 Å². The molecule has 1 heteroatoms. The first-order valence-electron chi connectivity index (χ1n) is 4.31. The van der Waals surface area contributed by atoms with Crippen molar-refractivity contribution in [1.82, 2.24) is 0 Å². The number of aliphatic hydroxyl groups excluding tert-OH is 1. The molecule has 0 saturated carbocycles. The van der Waals surface area contributed by atoms with E-state index in [0.717, 1.165) is 16.0 Å². The summed E-state index contributed by atoms with van der Waals surface area (Å²) in [6.07, 6.45) is 3.72. The second-order valence-electron chi connectivity index (χ2n) is 2.76. The topological polar surface area (TPSA) is 20.2 Å². The summed E-state index contributed by atoms with van der Waals surface area (Å²) in [5.41, 5.74) is 0.869. The minimum absolute atomic E-state index is 0.0361. The lowest BCUT2D eigenvalue weighted by Gasteiger charge is -1.96. The van der Waals surface area contributed by atoms with Gasteiger partial charge in [0.15, 0.2) is 0 Å². The number of aliphatic hydroxyl groups is 1. The Bertz CT molecular complexity index is 401. The van der Waals surface area contributed by atoms with Crippen LogP contribution in [0.25, 0.3) is 11.6 Å². The molecule has 0 aliphatic rings. The van der Waals surface area contributed by atoms with Gasteiger partial charge < -0.3 is 5.11 Å². The van der Waals surface area contributed by atoms with Crippen LogP contribution in [-0.4, -0.2) is 11.7 Å². The summed E-state index contributed by atoms with van der Waals surface area (Å²) in [5.74, 6) is 0. The lowest BCUT2D eigenvalue weighted by Crippen LogP contribution is -2.26. The summed E-state index contributed by atoms with van der Waals surface area (Å²) in [6.45, 7) is 5.69. The Labute approximate surface area is 78.3 Å². The Morgan fingerprint density at radius 1 is 1.46 bits per heavy atom. The molecule has 0 heterocycles. The first kappa shape index (κ1) is 9.75. The molecule has 13 heavy (non-hydrogen) atoms. The third kappa shape index (κ3) is 2.07. The summed E-state index contributed by atoms with van der Waals surface area (Å²) < 4.78 is 0. The van der Waals surface area contributed by atoms with Crippen molar-refractivity contribution in [1.29, 1.82) is 0 Å². The van der Waals surface area contributed by atoms with E-state index in [0.29, 0.717) is 0 Å². The van der Waals surface area contributed by atoms with E-state index in [-0.39, 0.29) is 6.61 Å². The fourth-order valence-electron chi connectivity index (χ4n) is 1.30. The van der Waals surface area contributed by atoms with Crippen molar-refractivity contribution >= 4 is 11.6 Å². The summed E-state index contributed by atoms with van der Waals surface area (Å²) in [5, 5.41) is 11.3. The van der Waals surface area contributed by atoms with E-state index in [2.05, 4.69) is 6.58 Å². The largest absolute Gasteiger partial charge is 0.392 e. The van der Waals surface area contributed by atoms with Gasteiger partial charge in [0.25, 0.3) is 0 Å². The van der Waals surface area contributed by atoms with Gasteiger partial charge in [-0.05, 0) is 22.9 Å². The van der Waals surface area contributed by atoms with Crippen molar-refractivity contribution in [2.75, 3.05) is 6.61 Å². The second-order valence-corrected chi connectivity index (χ2v) is 2.76. The molecule has 0 unspecified atom stereocenters. The predicted octanol–water partition coefficient (Wildman–Crippen LogP) is 0.816. The maximum atomic E-state index is 9.08. The van der Waals surface area contributed by atoms with E-state index in [9.17, 15) is 0 Å². The normalized spacial score (nSPS) is 14.2. The number of benzene rings is 1. The summed E-state index contributed by atoms with van der Waals surface area (Å²) in [6, 6.07) is 7.95. The van der Waals surface area contributed by atoms with Crippen molar-refractivity contribution < 1.29 is 5.11 Å². The Balaban J connectivity index is 3.61. The minimum atomic E-state index is 0.0361. The zero-order valence-electron chi connectivity index (χ0n) is 7.83. The van der Waals surface area contributed by atoms with Crippen molar-refractivity contribution in [2.45, 2.75) is 6.92 Å². The van der Waals surface area contributed by atoms with Crippen molar-refractivity contribution in [3.63, 3.8) is 0 Å². The number of rotatable bonds is 2. The summed E-state index contributed by atoms with van der Waals surface area (Å²) in [7, 11) is 0. The van der Waals surface area contributed by atoms with Crippen LogP contribution in [-0.2, 0) is 0 Å². The highest BCUT2D eigenvalue weighted by atomic mass is 16.3. The highest BCUT2D eigenvalue weighted by Gasteiger charge is 1.91. The van der Waals surface area contributed by atoms with E-state index >= 15 is 0 Å². The van der Waals surface area contributed by atoms with Gasteiger partial charge >= 0.3 is 0 Å². The Hall–Kier alpha value is -1.34. The van der Waals surface area contributed by atoms with Gasteiger partial charge in [0, 0.05) is 0 Å². The first-order valence-corrected chi connectivity index (χ1v) is 4.31. The highest BCUT2D eigenvalue weighted by Crippen LogP contribution is 1.89. The molecule has 0 saturated heterocycles. The molecule has 0 aromatic heterocycles. The van der Waals surface area contributed by atoms with Crippen LogP contribution in [0, 0.1) is 0 Å². The van der Waals surface area contributed by atoms with Crippen molar-refractivity contribution in [2.24, 2.45) is 0 Å². The van der Waals surface area contributed by atoms with Crippen LogP contribution in [0.2, 0.25) is 0 Å². The molecule has 0 aliphatic carbocycles. The molecule has 1 aromatic rings. The second kappa shape index (κ2) is 4.63. The molecule has 1 N–H and O–H groups in total. The Kier molecular flexibility index (Phi) is 3.47. The molecule has 0 fully saturated rings. The molecule has 0 amide bonds. The predicted molar refractivity (Wildman–Crippen MR) is 56.5 cm³/mol. The molecular weight excluding hydrogens is 160 g/mol. The number of hydrogen-bond donors (Lipinski definition) is 1. The zero-order chi connectivity index (χ0) is 9.68. The van der Waals surface area contributed by atoms with Crippen LogP contribution in [0.3, 0.4) is 0 Å². The van der Waals surface area contributed by atoms with E-state index < -0.39 is 0 Å². The Morgan fingerprint density at radius 2 is 2.15 bits per heavy atom. The van der Waals surface area contributed by atoms with E-state index in [1.165, 1.54) is 0 Å². The Morgan fingerprint density at radius 3 is 2.69 bits per heavy atom. The van der Waals surface area contributed by atoms with Gasteiger partial charge in [-0.25, -0.2) is 0 Å². The van der Waals surface area contributed by atoms with Gasteiger partial charge in [0.2, 0.25) is 0 Å². The van der Waals surface area contributed by atoms with Crippen LogP contribution in [0.5, 0.6) is 0 Å². The SMILES string of the molecule is C=C/C(CO)=c1/cccc/c1=C/C. The smallest absolute Gasteiger partial charge is 0.0687 e. The monoisotopic (exact) mass is 174 g/mol. The van der Waals surface area contributed by atoms with Crippen LogP contribution >= 0.6 is 0 Å². The van der Waals surface area contributed by atoms with Crippen LogP contribution < -0.4 is 10.4 Å². The van der Waals surface area contributed by atoms with Gasteiger partial charge in [-0.2, -0.15) is 0 Å². The third-order valence-electron chi connectivity index (χ3n) is 2.03. The van der Waals surface area contributed by atoms with E-state index in [1.807, 2.05) is 37.3 Å². The molecule has 0 atom stereocenters. The molecule has 0 radical (unpaired) electrons. The van der Waals surface area contributed by atoms with Crippen LogP contribution in [0.4, 0.5) is 0 Å². The molecule has 0 aliphatic heterocycles. The lowest BCUT2D eigenvalue weighted by molar-refractivity contribution is 0.350. The average Bonchev–Trinajstić information content (AvgIpc) is 2.20. The maximum absolute atomic E-state index is 9.08. The maximum Gasteiger partial charge on any atom is 0.0687 e. The van der Waals surface area contributed by atoms with Gasteiger partial charge in [-0.1, -0.05) is 43.0 Å². The zero-order valence-corrected chi connectivity index (χ0v) is 7.83. The molecule has 0 spiro atoms. The molecule has 1 nitrogen and oxygen atoms in total. The molecule has 0 bridgehead atoms. The van der Waals surface area contributed by atoms with Crippen LogP contribution in [0.1, 0.15) is 6.92 Å². The summed E-state index contributed by atoms with van der Waals surface area (Å²) >= 11 is 0. The molecule has 1 aromatic carbocycles. The first-order chi connectivity index (χ1) is 6.33. The van der Waals surface area contributed by atoms with E-state index in [1.54, 1.807) is 6.08 Å². The minimum Gasteiger partial charge on any atom is -0.392 e. The van der Waals surface area contributed by atoms with Gasteiger partial charge in [0.05, 0.1) is 6.61 Å². The lowest BCUT2D eigenvalue weighted by atomic mass is 10.1. The molecular formula is C12H14O. The molecule has 1 rings (SSSR count). The standard InChI is InChI=1S/C12H14O/c1-3-10-7-5-6-8-12(10)11(4-2)9-13/h3-8,13H,2,9H2,1H3/b10-3-,12-11+. The number of hydrogen-bond acceptors (Lipinski definition) is 1. The van der Waals surface area contributed by atoms with Gasteiger partial charge in [0.1, 0.15) is 0 Å². The van der Waals surface area contributed by atoms with Gasteiger partial charge in [-0.15, -0.1) is 0 Å². The fourth-order valence-corrected chi connectivity index (χ4v) is 1.30. The quantitative estimate of drug-likeness (QED) is 0.703. The van der Waals surface area contributed by atoms with Crippen molar-refractivity contribution in [3.8, 4) is 0 Å². The van der Waals surface area contributed by atoms with Gasteiger partial charge in [-0.3, -0.25) is 0 Å². The van der Waals surface area contributed by atoms with E-state index in [4.69, 9.17) is 5.11 Å². The average molecular weight is 174 g/mol. The third-order valence-corrected chi connectivity index (χ3v) is 2.03. The fraction of sp³-hybridized carbons (Fsp3) is 0.167. The highest BCUT2D eigenvalue weighted by molar-refractivity contribution is 5.56.